The van der Waals surface area contributed by atoms with E-state index in [4.69, 9.17) is 5.73 Å². The summed E-state index contributed by atoms with van der Waals surface area (Å²) in [5, 5.41) is 3.13. The van der Waals surface area contributed by atoms with Gasteiger partial charge in [-0.05, 0) is 56.9 Å². The number of amides is 1. The van der Waals surface area contributed by atoms with Crippen molar-refractivity contribution in [2.45, 2.75) is 26.2 Å². The van der Waals surface area contributed by atoms with Crippen molar-refractivity contribution < 1.29 is 9.18 Å². The maximum Gasteiger partial charge on any atom is 0.253 e. The molecule has 3 N–H and O–H groups in total. The number of likely N-dealkylation sites (tertiary alicyclic amines) is 1. The van der Waals surface area contributed by atoms with E-state index in [2.05, 4.69) is 33.1 Å². The summed E-state index contributed by atoms with van der Waals surface area (Å²) in [6, 6.07) is 2.94. The number of nitrogens with zero attached hydrogens (tertiary/aromatic N) is 1. The largest absolute Gasteiger partial charge is 0.384 e. The van der Waals surface area contributed by atoms with Gasteiger partial charge in [-0.1, -0.05) is 22.9 Å². The summed E-state index contributed by atoms with van der Waals surface area (Å²) < 4.78 is 14.4. The number of hydrogen-bond donors (Lipinski definition) is 2. The van der Waals surface area contributed by atoms with Gasteiger partial charge in [-0.3, -0.25) is 4.79 Å². The fraction of sp³-hybridized carbons (Fsp3) is 0.562. The fourth-order valence-corrected chi connectivity index (χ4v) is 3.20. The van der Waals surface area contributed by atoms with Crippen LogP contribution in [0.25, 0.3) is 0 Å². The Morgan fingerprint density at radius 3 is 2.77 bits per heavy atom. The molecule has 0 radical (unpaired) electrons. The molecule has 1 aromatic carbocycles. The normalized spacial score (nSPS) is 16.7. The maximum absolute atomic E-state index is 13.8. The summed E-state index contributed by atoms with van der Waals surface area (Å²) in [6.07, 6.45) is 3.47. The lowest BCUT2D eigenvalue weighted by Crippen LogP contribution is -2.34. The molecule has 1 aromatic rings. The lowest BCUT2D eigenvalue weighted by atomic mass is 9.99. The molecule has 22 heavy (non-hydrogen) atoms. The Labute approximate surface area is 139 Å². The van der Waals surface area contributed by atoms with Gasteiger partial charge in [-0.15, -0.1) is 0 Å². The minimum absolute atomic E-state index is 0.0741. The number of primary amides is 1. The number of halogens is 2. The SMILES string of the molecule is CC1CCN(CCCNc2cc(Br)cc(F)c2C(N)=O)CC1. The molecular weight excluding hydrogens is 349 g/mol. The number of piperidine rings is 1. The molecule has 0 bridgehead atoms. The van der Waals surface area contributed by atoms with Crippen LogP contribution >= 0.6 is 15.9 Å². The second-order valence-electron chi connectivity index (χ2n) is 5.98. The highest BCUT2D eigenvalue weighted by Gasteiger charge is 2.16. The van der Waals surface area contributed by atoms with Gasteiger partial charge < -0.3 is 16.0 Å². The fourth-order valence-electron chi connectivity index (χ4n) is 2.77. The Morgan fingerprint density at radius 2 is 2.14 bits per heavy atom. The lowest BCUT2D eigenvalue weighted by molar-refractivity contribution is 0.0997. The molecule has 122 valence electrons. The summed E-state index contributed by atoms with van der Waals surface area (Å²) >= 11 is 3.23. The van der Waals surface area contributed by atoms with Crippen molar-refractivity contribution in [3.8, 4) is 0 Å². The smallest absolute Gasteiger partial charge is 0.253 e. The zero-order chi connectivity index (χ0) is 16.1. The third kappa shape index (κ3) is 4.68. The predicted octanol–water partition coefficient (Wildman–Crippen LogP) is 3.22. The van der Waals surface area contributed by atoms with Crippen LogP contribution in [0.2, 0.25) is 0 Å². The van der Waals surface area contributed by atoms with E-state index < -0.39 is 11.7 Å². The Kier molecular flexibility index (Phi) is 6.20. The Bertz CT molecular complexity index is 530. The summed E-state index contributed by atoms with van der Waals surface area (Å²) in [5.41, 5.74) is 5.63. The molecule has 1 heterocycles. The highest BCUT2D eigenvalue weighted by Crippen LogP contribution is 2.24. The van der Waals surface area contributed by atoms with E-state index in [9.17, 15) is 9.18 Å². The summed E-state index contributed by atoms with van der Waals surface area (Å²) in [4.78, 5) is 13.8. The Morgan fingerprint density at radius 1 is 1.45 bits per heavy atom. The zero-order valence-corrected chi connectivity index (χ0v) is 14.5. The molecule has 2 rings (SSSR count). The first-order valence-corrected chi connectivity index (χ1v) is 8.51. The third-order valence-corrected chi connectivity index (χ3v) is 4.60. The topological polar surface area (TPSA) is 58.4 Å². The summed E-state index contributed by atoms with van der Waals surface area (Å²) in [7, 11) is 0. The molecule has 0 aromatic heterocycles. The molecule has 1 aliphatic heterocycles. The molecule has 0 aliphatic carbocycles. The molecule has 1 aliphatic rings. The summed E-state index contributed by atoms with van der Waals surface area (Å²) in [5.74, 6) is -0.524. The van der Waals surface area contributed by atoms with Crippen LogP contribution in [0.3, 0.4) is 0 Å². The van der Waals surface area contributed by atoms with E-state index in [0.29, 0.717) is 16.7 Å². The molecule has 0 atom stereocenters. The van der Waals surface area contributed by atoms with Crippen LogP contribution in [0, 0.1) is 11.7 Å². The highest BCUT2D eigenvalue weighted by atomic mass is 79.9. The standard InChI is InChI=1S/C16H23BrFN3O/c1-11-3-7-21(8-4-11)6-2-5-20-14-10-12(17)9-13(18)15(14)16(19)22/h9-11,20H,2-8H2,1H3,(H2,19,22). The van der Waals surface area contributed by atoms with Crippen molar-refractivity contribution in [1.29, 1.82) is 0 Å². The number of benzene rings is 1. The molecule has 1 fully saturated rings. The maximum atomic E-state index is 13.8. The van der Waals surface area contributed by atoms with Gasteiger partial charge in [0.15, 0.2) is 0 Å². The van der Waals surface area contributed by atoms with E-state index in [1.54, 1.807) is 6.07 Å². The van der Waals surface area contributed by atoms with Gasteiger partial charge >= 0.3 is 0 Å². The first-order chi connectivity index (χ1) is 10.5. The minimum Gasteiger partial charge on any atom is -0.384 e. The summed E-state index contributed by atoms with van der Waals surface area (Å²) in [6.45, 7) is 6.30. The number of hydrogen-bond acceptors (Lipinski definition) is 3. The molecule has 0 unspecified atom stereocenters. The van der Waals surface area contributed by atoms with E-state index in [-0.39, 0.29) is 5.56 Å². The van der Waals surface area contributed by atoms with E-state index in [1.165, 1.54) is 18.9 Å². The zero-order valence-electron chi connectivity index (χ0n) is 12.9. The Hall–Kier alpha value is -1.14. The van der Waals surface area contributed by atoms with Crippen molar-refractivity contribution >= 4 is 27.5 Å². The highest BCUT2D eigenvalue weighted by molar-refractivity contribution is 9.10. The van der Waals surface area contributed by atoms with Gasteiger partial charge in [-0.25, -0.2) is 4.39 Å². The van der Waals surface area contributed by atoms with Crippen LogP contribution < -0.4 is 11.1 Å². The molecule has 4 nitrogen and oxygen atoms in total. The third-order valence-electron chi connectivity index (χ3n) is 4.14. The van der Waals surface area contributed by atoms with Crippen molar-refractivity contribution in [3.63, 3.8) is 0 Å². The van der Waals surface area contributed by atoms with Crippen molar-refractivity contribution in [1.82, 2.24) is 4.90 Å². The van der Waals surface area contributed by atoms with E-state index in [0.717, 1.165) is 32.0 Å². The second kappa shape index (κ2) is 7.92. The number of rotatable bonds is 6. The van der Waals surface area contributed by atoms with Crippen molar-refractivity contribution in [3.05, 3.63) is 28.0 Å². The Balaban J connectivity index is 1.85. The van der Waals surface area contributed by atoms with Crippen LogP contribution in [0.5, 0.6) is 0 Å². The first kappa shape index (κ1) is 17.2. The molecule has 1 amide bonds. The van der Waals surface area contributed by atoms with Crippen LogP contribution in [-0.4, -0.2) is 37.0 Å². The second-order valence-corrected chi connectivity index (χ2v) is 6.89. The molecular formula is C16H23BrFN3O. The first-order valence-electron chi connectivity index (χ1n) is 7.72. The van der Waals surface area contributed by atoms with Crippen molar-refractivity contribution in [2.75, 3.05) is 31.5 Å². The number of nitrogens with one attached hydrogen (secondary N) is 1. The van der Waals surface area contributed by atoms with Gasteiger partial charge in [0.2, 0.25) is 0 Å². The van der Waals surface area contributed by atoms with Gasteiger partial charge in [0.25, 0.3) is 5.91 Å². The van der Waals surface area contributed by atoms with Crippen LogP contribution in [0.15, 0.2) is 16.6 Å². The molecule has 0 spiro atoms. The van der Waals surface area contributed by atoms with Crippen LogP contribution in [0.1, 0.15) is 36.5 Å². The van der Waals surface area contributed by atoms with Gasteiger partial charge in [0.1, 0.15) is 5.82 Å². The van der Waals surface area contributed by atoms with Crippen molar-refractivity contribution in [2.24, 2.45) is 11.7 Å². The van der Waals surface area contributed by atoms with E-state index in [1.807, 2.05) is 0 Å². The number of carbonyl (C=O) groups is 1. The van der Waals surface area contributed by atoms with Gasteiger partial charge in [-0.2, -0.15) is 0 Å². The number of nitrogens with two attached hydrogens (primary N) is 1. The van der Waals surface area contributed by atoms with Crippen LogP contribution in [0.4, 0.5) is 10.1 Å². The average molecular weight is 372 g/mol. The molecule has 6 heteroatoms. The average Bonchev–Trinajstić information content (AvgIpc) is 2.44. The lowest BCUT2D eigenvalue weighted by Gasteiger charge is -2.30. The molecule has 1 saturated heterocycles. The number of anilines is 1. The van der Waals surface area contributed by atoms with Gasteiger partial charge in [0, 0.05) is 11.0 Å². The van der Waals surface area contributed by atoms with Gasteiger partial charge in [0.05, 0.1) is 11.3 Å². The predicted molar refractivity (Wildman–Crippen MR) is 90.6 cm³/mol. The van der Waals surface area contributed by atoms with E-state index >= 15 is 0 Å². The minimum atomic E-state index is -0.752. The monoisotopic (exact) mass is 371 g/mol. The number of carbonyl (C=O) groups excluding carboxylic acids is 1. The van der Waals surface area contributed by atoms with Crippen LogP contribution in [-0.2, 0) is 0 Å². The molecule has 0 saturated carbocycles. The quantitative estimate of drug-likeness (QED) is 0.754.